The molecule has 1 fully saturated rings. The highest BCUT2D eigenvalue weighted by molar-refractivity contribution is 7.09. The number of carbonyl (C=O) groups is 1. The third-order valence-corrected chi connectivity index (χ3v) is 5.63. The van der Waals surface area contributed by atoms with Gasteiger partial charge in [-0.25, -0.2) is 0 Å². The molecule has 1 N–H and O–H groups in total. The number of thiophene rings is 1. The Morgan fingerprint density at radius 2 is 2.21 bits per heavy atom. The summed E-state index contributed by atoms with van der Waals surface area (Å²) in [5.74, 6) is 1.38. The largest absolute Gasteiger partial charge is 0.361 e. The monoisotopic (exact) mass is 347 g/mol. The molecule has 6 heteroatoms. The molecule has 0 radical (unpaired) electrons. The van der Waals surface area contributed by atoms with E-state index < -0.39 is 0 Å². The van der Waals surface area contributed by atoms with Gasteiger partial charge >= 0.3 is 0 Å². The molecule has 24 heavy (non-hydrogen) atoms. The smallest absolute Gasteiger partial charge is 0.224 e. The molecule has 1 saturated heterocycles. The van der Waals surface area contributed by atoms with Gasteiger partial charge in [-0.2, -0.15) is 0 Å². The van der Waals surface area contributed by atoms with Crippen molar-refractivity contribution in [2.24, 2.45) is 5.92 Å². The molecule has 2 aromatic heterocycles. The van der Waals surface area contributed by atoms with Crippen LogP contribution in [0, 0.1) is 19.8 Å². The number of aromatic nitrogens is 1. The first-order chi connectivity index (χ1) is 11.6. The SMILES string of the molecule is Cc1noc(C)c1CC(=O)NCC1CCN(Cc2cccs2)CC1. The molecule has 0 bridgehead atoms. The van der Waals surface area contributed by atoms with Crippen molar-refractivity contribution in [1.29, 1.82) is 0 Å². The number of likely N-dealkylation sites (tertiary alicyclic amines) is 1. The van der Waals surface area contributed by atoms with Gasteiger partial charge in [0.25, 0.3) is 0 Å². The van der Waals surface area contributed by atoms with Crippen LogP contribution in [0.25, 0.3) is 0 Å². The summed E-state index contributed by atoms with van der Waals surface area (Å²) in [6.45, 7) is 7.79. The van der Waals surface area contributed by atoms with Gasteiger partial charge in [-0.05, 0) is 57.1 Å². The van der Waals surface area contributed by atoms with Crippen LogP contribution in [-0.2, 0) is 17.8 Å². The van der Waals surface area contributed by atoms with E-state index in [0.29, 0.717) is 12.3 Å². The molecule has 3 rings (SSSR count). The van der Waals surface area contributed by atoms with E-state index in [2.05, 4.69) is 32.9 Å². The summed E-state index contributed by atoms with van der Waals surface area (Å²) in [6.07, 6.45) is 2.66. The minimum Gasteiger partial charge on any atom is -0.361 e. The summed E-state index contributed by atoms with van der Waals surface area (Å²) in [7, 11) is 0. The van der Waals surface area contributed by atoms with Crippen LogP contribution in [0.5, 0.6) is 0 Å². The summed E-state index contributed by atoms with van der Waals surface area (Å²) in [6, 6.07) is 4.31. The lowest BCUT2D eigenvalue weighted by Gasteiger charge is -2.31. The van der Waals surface area contributed by atoms with Crippen LogP contribution in [0.1, 0.15) is 34.7 Å². The van der Waals surface area contributed by atoms with E-state index in [1.165, 1.54) is 4.88 Å². The molecule has 0 atom stereocenters. The van der Waals surface area contributed by atoms with Gasteiger partial charge in [0.1, 0.15) is 5.76 Å². The number of aryl methyl sites for hydroxylation is 2. The van der Waals surface area contributed by atoms with Gasteiger partial charge in [-0.15, -0.1) is 11.3 Å². The molecule has 5 nitrogen and oxygen atoms in total. The summed E-state index contributed by atoms with van der Waals surface area (Å²) < 4.78 is 5.11. The van der Waals surface area contributed by atoms with Crippen molar-refractivity contribution in [2.45, 2.75) is 39.7 Å². The van der Waals surface area contributed by atoms with E-state index in [-0.39, 0.29) is 5.91 Å². The Labute approximate surface area is 147 Å². The van der Waals surface area contributed by atoms with Crippen molar-refractivity contribution in [2.75, 3.05) is 19.6 Å². The highest BCUT2D eigenvalue weighted by Crippen LogP contribution is 2.20. The standard InChI is InChI=1S/C18H25N3O2S/c1-13-17(14(2)23-20-13)10-18(22)19-11-15-5-7-21(8-6-15)12-16-4-3-9-24-16/h3-4,9,15H,5-8,10-12H2,1-2H3,(H,19,22). The minimum absolute atomic E-state index is 0.0606. The highest BCUT2D eigenvalue weighted by atomic mass is 32.1. The number of nitrogens with one attached hydrogen (secondary N) is 1. The first kappa shape index (κ1) is 17.2. The number of piperidine rings is 1. The Morgan fingerprint density at radius 1 is 1.42 bits per heavy atom. The summed E-state index contributed by atoms with van der Waals surface area (Å²) in [4.78, 5) is 16.1. The van der Waals surface area contributed by atoms with Gasteiger partial charge in [-0.1, -0.05) is 11.2 Å². The number of hydrogen-bond acceptors (Lipinski definition) is 5. The number of rotatable bonds is 6. The van der Waals surface area contributed by atoms with Crippen LogP contribution in [-0.4, -0.2) is 35.6 Å². The summed E-state index contributed by atoms with van der Waals surface area (Å²) in [5.41, 5.74) is 1.72. The minimum atomic E-state index is 0.0606. The molecule has 0 spiro atoms. The maximum atomic E-state index is 12.1. The van der Waals surface area contributed by atoms with Crippen molar-refractivity contribution >= 4 is 17.2 Å². The first-order valence-corrected chi connectivity index (χ1v) is 9.43. The van der Waals surface area contributed by atoms with Gasteiger partial charge in [0.15, 0.2) is 0 Å². The molecule has 1 aliphatic rings. The maximum absolute atomic E-state index is 12.1. The molecule has 2 aromatic rings. The molecule has 0 saturated carbocycles. The maximum Gasteiger partial charge on any atom is 0.224 e. The quantitative estimate of drug-likeness (QED) is 0.873. The van der Waals surface area contributed by atoms with E-state index in [4.69, 9.17) is 4.52 Å². The number of carbonyl (C=O) groups excluding carboxylic acids is 1. The van der Waals surface area contributed by atoms with Crippen molar-refractivity contribution in [3.63, 3.8) is 0 Å². The highest BCUT2D eigenvalue weighted by Gasteiger charge is 2.20. The van der Waals surface area contributed by atoms with Crippen molar-refractivity contribution < 1.29 is 9.32 Å². The number of hydrogen-bond donors (Lipinski definition) is 1. The molecular formula is C18H25N3O2S. The van der Waals surface area contributed by atoms with Crippen LogP contribution >= 0.6 is 11.3 Å². The number of nitrogens with zero attached hydrogens (tertiary/aromatic N) is 2. The van der Waals surface area contributed by atoms with Gasteiger partial charge < -0.3 is 9.84 Å². The molecular weight excluding hydrogens is 322 g/mol. The lowest BCUT2D eigenvalue weighted by atomic mass is 9.96. The van der Waals surface area contributed by atoms with Crippen LogP contribution in [0.4, 0.5) is 0 Å². The van der Waals surface area contributed by atoms with Crippen molar-refractivity contribution in [1.82, 2.24) is 15.4 Å². The third-order valence-electron chi connectivity index (χ3n) is 4.77. The Bertz CT molecular complexity index is 638. The summed E-state index contributed by atoms with van der Waals surface area (Å²) >= 11 is 1.82. The van der Waals surface area contributed by atoms with Crippen LogP contribution in [0.15, 0.2) is 22.0 Å². The molecule has 130 valence electrons. The molecule has 0 unspecified atom stereocenters. The molecule has 1 aliphatic heterocycles. The van der Waals surface area contributed by atoms with E-state index in [0.717, 1.165) is 56.0 Å². The lowest BCUT2D eigenvalue weighted by Crippen LogP contribution is -2.38. The fourth-order valence-electron chi connectivity index (χ4n) is 3.21. The lowest BCUT2D eigenvalue weighted by molar-refractivity contribution is -0.120. The van der Waals surface area contributed by atoms with E-state index in [9.17, 15) is 4.79 Å². The summed E-state index contributed by atoms with van der Waals surface area (Å²) in [5, 5.41) is 9.11. The Balaban J connectivity index is 1.38. The number of amides is 1. The van der Waals surface area contributed by atoms with E-state index in [1.807, 2.05) is 25.2 Å². The fourth-order valence-corrected chi connectivity index (χ4v) is 3.95. The van der Waals surface area contributed by atoms with Crippen LogP contribution in [0.2, 0.25) is 0 Å². The van der Waals surface area contributed by atoms with E-state index >= 15 is 0 Å². The Hall–Kier alpha value is -1.66. The third kappa shape index (κ3) is 4.45. The zero-order valence-electron chi connectivity index (χ0n) is 14.4. The zero-order chi connectivity index (χ0) is 16.9. The van der Waals surface area contributed by atoms with Gasteiger partial charge in [0, 0.05) is 23.5 Å². The Morgan fingerprint density at radius 3 is 2.83 bits per heavy atom. The zero-order valence-corrected chi connectivity index (χ0v) is 15.2. The molecule has 0 aromatic carbocycles. The van der Waals surface area contributed by atoms with Gasteiger partial charge in [-0.3, -0.25) is 9.69 Å². The van der Waals surface area contributed by atoms with Gasteiger partial charge in [0.2, 0.25) is 5.91 Å². The Kier molecular flexibility index (Phi) is 5.68. The van der Waals surface area contributed by atoms with Gasteiger partial charge in [0.05, 0.1) is 12.1 Å². The second kappa shape index (κ2) is 7.94. The van der Waals surface area contributed by atoms with E-state index in [1.54, 1.807) is 0 Å². The average Bonchev–Trinajstić information content (AvgIpc) is 3.19. The average molecular weight is 347 g/mol. The van der Waals surface area contributed by atoms with Crippen LogP contribution in [0.3, 0.4) is 0 Å². The topological polar surface area (TPSA) is 58.4 Å². The predicted octanol–water partition coefficient (Wildman–Crippen LogP) is 2.92. The molecule has 1 amide bonds. The first-order valence-electron chi connectivity index (χ1n) is 8.55. The fraction of sp³-hybridized carbons (Fsp3) is 0.556. The van der Waals surface area contributed by atoms with Crippen molar-refractivity contribution in [3.05, 3.63) is 39.4 Å². The predicted molar refractivity (Wildman–Crippen MR) is 95.0 cm³/mol. The molecule has 3 heterocycles. The second-order valence-corrected chi connectivity index (χ2v) is 7.61. The normalized spacial score (nSPS) is 16.4. The van der Waals surface area contributed by atoms with Crippen LogP contribution < -0.4 is 5.32 Å². The molecule has 0 aliphatic carbocycles. The second-order valence-electron chi connectivity index (χ2n) is 6.58. The van der Waals surface area contributed by atoms with Crippen molar-refractivity contribution in [3.8, 4) is 0 Å².